The van der Waals surface area contributed by atoms with Gasteiger partial charge >= 0.3 is 5.69 Å². The molecular formula is C13H22N5O2+. The zero-order chi connectivity index (χ0) is 15.2. The smallest absolute Gasteiger partial charge is 0.331 e. The molecule has 7 nitrogen and oxygen atoms in total. The van der Waals surface area contributed by atoms with Crippen LogP contribution in [-0.2, 0) is 27.6 Å². The lowest BCUT2D eigenvalue weighted by Crippen LogP contribution is -2.37. The Kier molecular flexibility index (Phi) is 3.33. The normalized spacial score (nSPS) is 12.3. The third kappa shape index (κ3) is 2.29. The van der Waals surface area contributed by atoms with Crippen LogP contribution in [0.15, 0.2) is 9.59 Å². The van der Waals surface area contributed by atoms with Gasteiger partial charge in [-0.2, -0.15) is 0 Å². The van der Waals surface area contributed by atoms with Gasteiger partial charge in [0.1, 0.15) is 5.82 Å². The van der Waals surface area contributed by atoms with Gasteiger partial charge < -0.3 is 9.05 Å². The maximum Gasteiger partial charge on any atom is 0.332 e. The van der Waals surface area contributed by atoms with Crippen molar-refractivity contribution in [3.8, 4) is 0 Å². The highest BCUT2D eigenvalue weighted by Crippen LogP contribution is 2.10. The molecule has 0 aliphatic carbocycles. The lowest BCUT2D eigenvalue weighted by molar-refractivity contribution is -0.870. The average Bonchev–Trinajstić information content (AvgIpc) is 2.68. The summed E-state index contributed by atoms with van der Waals surface area (Å²) in [6.07, 6.45) is 0.756. The van der Waals surface area contributed by atoms with Crippen LogP contribution in [-0.4, -0.2) is 50.9 Å². The van der Waals surface area contributed by atoms with Crippen molar-refractivity contribution in [3.63, 3.8) is 0 Å². The Morgan fingerprint density at radius 3 is 2.15 bits per heavy atom. The van der Waals surface area contributed by atoms with E-state index in [0.29, 0.717) is 11.2 Å². The number of aromatic nitrogens is 4. The number of fused-ring (bicyclic) bond motifs is 1. The molecule has 2 aromatic rings. The van der Waals surface area contributed by atoms with Gasteiger partial charge in [-0.1, -0.05) is 0 Å². The van der Waals surface area contributed by atoms with E-state index in [1.165, 1.54) is 11.6 Å². The number of quaternary nitrogens is 1. The van der Waals surface area contributed by atoms with Crippen LogP contribution in [0.1, 0.15) is 5.82 Å². The SMILES string of the molecule is Cn1c(=O)c2c(nc(CC[N+](C)(C)C)n2C)n(C)c1=O. The Labute approximate surface area is 117 Å². The average molecular weight is 280 g/mol. The minimum Gasteiger partial charge on any atom is -0.331 e. The van der Waals surface area contributed by atoms with Gasteiger partial charge in [0.15, 0.2) is 11.2 Å². The molecule has 0 N–H and O–H groups in total. The van der Waals surface area contributed by atoms with Gasteiger partial charge in [-0.25, -0.2) is 9.78 Å². The van der Waals surface area contributed by atoms with E-state index in [0.717, 1.165) is 27.8 Å². The summed E-state index contributed by atoms with van der Waals surface area (Å²) in [6.45, 7) is 0.908. The highest BCUT2D eigenvalue weighted by atomic mass is 16.2. The molecule has 0 aliphatic heterocycles. The second-order valence-corrected chi connectivity index (χ2v) is 6.23. The molecule has 0 bridgehead atoms. The molecule has 0 amide bonds. The Morgan fingerprint density at radius 1 is 1.00 bits per heavy atom. The van der Waals surface area contributed by atoms with Crippen LogP contribution in [0, 0.1) is 0 Å². The number of nitrogens with zero attached hydrogens (tertiary/aromatic N) is 5. The van der Waals surface area contributed by atoms with Crippen LogP contribution in [0.3, 0.4) is 0 Å². The lowest BCUT2D eigenvalue weighted by atomic mass is 10.3. The fourth-order valence-electron chi connectivity index (χ4n) is 2.22. The standard InChI is InChI=1S/C13H22N5O2/c1-15-9(7-8-18(4,5)6)14-11-10(15)12(19)17(3)13(20)16(11)2/h7-8H2,1-6H3/q+1. The molecule has 0 fully saturated rings. The zero-order valence-corrected chi connectivity index (χ0v) is 13.0. The summed E-state index contributed by atoms with van der Waals surface area (Å²) in [5, 5.41) is 0. The highest BCUT2D eigenvalue weighted by molar-refractivity contribution is 5.70. The first-order chi connectivity index (χ1) is 9.13. The van der Waals surface area contributed by atoms with Crippen molar-refractivity contribution >= 4 is 11.2 Å². The first kappa shape index (κ1) is 14.5. The molecule has 0 unspecified atom stereocenters. The van der Waals surface area contributed by atoms with Gasteiger partial charge in [0.2, 0.25) is 0 Å². The first-order valence-corrected chi connectivity index (χ1v) is 6.55. The van der Waals surface area contributed by atoms with Crippen LogP contribution in [0.4, 0.5) is 0 Å². The largest absolute Gasteiger partial charge is 0.332 e. The third-order valence-corrected chi connectivity index (χ3v) is 3.57. The van der Waals surface area contributed by atoms with Crippen molar-refractivity contribution in [1.29, 1.82) is 0 Å². The topological polar surface area (TPSA) is 61.8 Å². The van der Waals surface area contributed by atoms with Crippen LogP contribution >= 0.6 is 0 Å². The quantitative estimate of drug-likeness (QED) is 0.693. The molecule has 0 aliphatic rings. The summed E-state index contributed by atoms with van der Waals surface area (Å²) >= 11 is 0. The van der Waals surface area contributed by atoms with Crippen LogP contribution < -0.4 is 11.2 Å². The number of imidazole rings is 1. The molecule has 0 atom stereocenters. The van der Waals surface area contributed by atoms with E-state index >= 15 is 0 Å². The molecule has 110 valence electrons. The molecule has 0 saturated carbocycles. The van der Waals surface area contributed by atoms with E-state index in [4.69, 9.17) is 0 Å². The van der Waals surface area contributed by atoms with E-state index in [1.807, 2.05) is 7.05 Å². The predicted octanol–water partition coefficient (Wildman–Crippen LogP) is -0.781. The predicted molar refractivity (Wildman–Crippen MR) is 77.8 cm³/mol. The van der Waals surface area contributed by atoms with Crippen molar-refractivity contribution in [1.82, 2.24) is 18.7 Å². The van der Waals surface area contributed by atoms with E-state index in [9.17, 15) is 9.59 Å². The fourth-order valence-corrected chi connectivity index (χ4v) is 2.22. The van der Waals surface area contributed by atoms with Crippen LogP contribution in [0.25, 0.3) is 11.2 Å². The second-order valence-electron chi connectivity index (χ2n) is 6.23. The summed E-state index contributed by atoms with van der Waals surface area (Å²) < 4.78 is 5.16. The van der Waals surface area contributed by atoms with E-state index in [-0.39, 0.29) is 11.2 Å². The van der Waals surface area contributed by atoms with Gasteiger partial charge in [0.25, 0.3) is 5.56 Å². The summed E-state index contributed by atoms with van der Waals surface area (Å²) in [7, 11) is 11.3. The molecule has 2 heterocycles. The van der Waals surface area contributed by atoms with Crippen molar-refractivity contribution in [2.45, 2.75) is 6.42 Å². The molecule has 7 heteroatoms. The van der Waals surface area contributed by atoms with Gasteiger partial charge in [0.05, 0.1) is 34.1 Å². The maximum atomic E-state index is 12.2. The Balaban J connectivity index is 2.65. The van der Waals surface area contributed by atoms with Crippen molar-refractivity contribution < 1.29 is 4.48 Å². The van der Waals surface area contributed by atoms with E-state index < -0.39 is 0 Å². The number of rotatable bonds is 3. The Morgan fingerprint density at radius 2 is 1.60 bits per heavy atom. The van der Waals surface area contributed by atoms with Crippen LogP contribution in [0.5, 0.6) is 0 Å². The number of hydrogen-bond acceptors (Lipinski definition) is 3. The number of hydrogen-bond donors (Lipinski definition) is 0. The molecular weight excluding hydrogens is 258 g/mol. The highest BCUT2D eigenvalue weighted by Gasteiger charge is 2.18. The van der Waals surface area contributed by atoms with E-state index in [2.05, 4.69) is 26.1 Å². The molecule has 0 radical (unpaired) electrons. The Bertz CT molecular complexity index is 773. The maximum absolute atomic E-state index is 12.2. The summed E-state index contributed by atoms with van der Waals surface area (Å²) in [5.41, 5.74) is 0.288. The van der Waals surface area contributed by atoms with Gasteiger partial charge in [-0.05, 0) is 0 Å². The lowest BCUT2D eigenvalue weighted by Gasteiger charge is -2.23. The van der Waals surface area contributed by atoms with Crippen molar-refractivity contribution in [3.05, 3.63) is 26.7 Å². The minimum absolute atomic E-state index is 0.297. The molecule has 2 rings (SSSR count). The summed E-state index contributed by atoms with van der Waals surface area (Å²) in [4.78, 5) is 28.6. The minimum atomic E-state index is -0.348. The summed E-state index contributed by atoms with van der Waals surface area (Å²) in [6, 6.07) is 0. The monoisotopic (exact) mass is 280 g/mol. The van der Waals surface area contributed by atoms with E-state index in [1.54, 1.807) is 11.6 Å². The molecule has 20 heavy (non-hydrogen) atoms. The third-order valence-electron chi connectivity index (χ3n) is 3.57. The molecule has 2 aromatic heterocycles. The Hall–Kier alpha value is -1.89. The molecule has 0 saturated heterocycles. The molecule has 0 spiro atoms. The van der Waals surface area contributed by atoms with Gasteiger partial charge in [-0.15, -0.1) is 0 Å². The first-order valence-electron chi connectivity index (χ1n) is 6.55. The zero-order valence-electron chi connectivity index (χ0n) is 13.0. The molecule has 0 aromatic carbocycles. The van der Waals surface area contributed by atoms with Gasteiger partial charge in [0, 0.05) is 21.1 Å². The summed E-state index contributed by atoms with van der Waals surface area (Å²) in [5.74, 6) is 0.825. The van der Waals surface area contributed by atoms with Gasteiger partial charge in [-0.3, -0.25) is 13.9 Å². The second kappa shape index (κ2) is 4.59. The van der Waals surface area contributed by atoms with Crippen molar-refractivity contribution in [2.24, 2.45) is 21.1 Å². The number of likely N-dealkylation sites (N-methyl/N-ethyl adjacent to an activating group) is 1. The van der Waals surface area contributed by atoms with Crippen LogP contribution in [0.2, 0.25) is 0 Å². The number of aryl methyl sites for hydroxylation is 2. The fraction of sp³-hybridized carbons (Fsp3) is 0.615. The van der Waals surface area contributed by atoms with Crippen molar-refractivity contribution in [2.75, 3.05) is 27.7 Å².